The monoisotopic (exact) mass is 263 g/mol. The van der Waals surface area contributed by atoms with Crippen LogP contribution in [0.2, 0.25) is 0 Å². The molecule has 1 aromatic heterocycles. The normalized spacial score (nSPS) is 10.9. The zero-order valence-electron chi connectivity index (χ0n) is 11.7. The smallest absolute Gasteiger partial charge is 0.195 e. The summed E-state index contributed by atoms with van der Waals surface area (Å²) in [5.41, 5.74) is 4.82. The van der Waals surface area contributed by atoms with E-state index in [1.165, 1.54) is 0 Å². The van der Waals surface area contributed by atoms with Crippen LogP contribution < -0.4 is 0 Å². The molecule has 0 fully saturated rings. The molecule has 2 nitrogen and oxygen atoms in total. The van der Waals surface area contributed by atoms with Gasteiger partial charge in [-0.05, 0) is 31.0 Å². The van der Waals surface area contributed by atoms with Gasteiger partial charge in [-0.1, -0.05) is 42.8 Å². The third-order valence-electron chi connectivity index (χ3n) is 3.72. The Balaban J connectivity index is 2.15. The number of benzene rings is 2. The molecule has 0 amide bonds. The molecule has 3 rings (SSSR count). The Morgan fingerprint density at radius 1 is 1.10 bits per heavy atom. The minimum Gasteiger partial charge on any atom is -0.360 e. The molecule has 2 heteroatoms. The molecule has 3 aromatic rings. The second-order valence-electron chi connectivity index (χ2n) is 5.09. The maximum Gasteiger partial charge on any atom is 0.195 e. The number of rotatable bonds is 3. The standard InChI is InChI=1S/C18H17NO/c1-3-13-6-4-5-7-14(13)18(20)16-11-19-17-9-8-12(2)10-15(16)17/h4-11,19H,3H2,1-2H3. The molecule has 0 unspecified atom stereocenters. The van der Waals surface area contributed by atoms with Crippen LogP contribution in [0.15, 0.2) is 48.7 Å². The topological polar surface area (TPSA) is 32.9 Å². The summed E-state index contributed by atoms with van der Waals surface area (Å²) in [5.74, 6) is 0.0966. The molecule has 1 N–H and O–H groups in total. The molecular formula is C18H17NO. The van der Waals surface area contributed by atoms with Gasteiger partial charge in [0, 0.05) is 28.2 Å². The number of H-pyrrole nitrogens is 1. The van der Waals surface area contributed by atoms with Crippen molar-refractivity contribution in [1.29, 1.82) is 0 Å². The van der Waals surface area contributed by atoms with Crippen molar-refractivity contribution in [3.05, 3.63) is 70.9 Å². The second-order valence-corrected chi connectivity index (χ2v) is 5.09. The molecule has 0 radical (unpaired) electrons. The summed E-state index contributed by atoms with van der Waals surface area (Å²) in [6, 6.07) is 14.0. The lowest BCUT2D eigenvalue weighted by atomic mass is 9.96. The van der Waals surface area contributed by atoms with Crippen LogP contribution in [0.1, 0.15) is 34.0 Å². The van der Waals surface area contributed by atoms with Crippen LogP contribution in [0.25, 0.3) is 10.9 Å². The zero-order valence-corrected chi connectivity index (χ0v) is 11.7. The van der Waals surface area contributed by atoms with Gasteiger partial charge in [0.05, 0.1) is 0 Å². The largest absolute Gasteiger partial charge is 0.360 e. The highest BCUT2D eigenvalue weighted by Crippen LogP contribution is 2.23. The number of fused-ring (bicyclic) bond motifs is 1. The number of ketones is 1. The lowest BCUT2D eigenvalue weighted by Crippen LogP contribution is -2.04. The highest BCUT2D eigenvalue weighted by Gasteiger charge is 2.16. The summed E-state index contributed by atoms with van der Waals surface area (Å²) in [5, 5.41) is 1.00. The summed E-state index contributed by atoms with van der Waals surface area (Å²) >= 11 is 0. The number of carbonyl (C=O) groups excluding carboxylic acids is 1. The van der Waals surface area contributed by atoms with E-state index >= 15 is 0 Å². The zero-order chi connectivity index (χ0) is 14.1. The average Bonchev–Trinajstić information content (AvgIpc) is 2.89. The average molecular weight is 263 g/mol. The predicted molar refractivity (Wildman–Crippen MR) is 82.3 cm³/mol. The fourth-order valence-corrected chi connectivity index (χ4v) is 2.62. The number of hydrogen-bond donors (Lipinski definition) is 1. The van der Waals surface area contributed by atoms with Crippen molar-refractivity contribution < 1.29 is 4.79 Å². The Kier molecular flexibility index (Phi) is 3.15. The summed E-state index contributed by atoms with van der Waals surface area (Å²) < 4.78 is 0. The van der Waals surface area contributed by atoms with Crippen LogP contribution >= 0.6 is 0 Å². The molecule has 0 aliphatic carbocycles. The molecule has 0 saturated carbocycles. The first-order valence-corrected chi connectivity index (χ1v) is 6.91. The van der Waals surface area contributed by atoms with Crippen LogP contribution in [0.5, 0.6) is 0 Å². The van der Waals surface area contributed by atoms with Gasteiger partial charge in [-0.15, -0.1) is 0 Å². The molecule has 0 aliphatic rings. The summed E-state index contributed by atoms with van der Waals surface area (Å²) in [6.45, 7) is 4.12. The number of aromatic nitrogens is 1. The van der Waals surface area contributed by atoms with Crippen LogP contribution in [0.4, 0.5) is 0 Å². The second kappa shape index (κ2) is 4.97. The summed E-state index contributed by atoms with van der Waals surface area (Å²) in [7, 11) is 0. The number of aromatic amines is 1. The summed E-state index contributed by atoms with van der Waals surface area (Å²) in [6.07, 6.45) is 2.68. The third kappa shape index (κ3) is 2.03. The number of nitrogens with one attached hydrogen (secondary N) is 1. The Labute approximate surface area is 118 Å². The minimum atomic E-state index is 0.0966. The SMILES string of the molecule is CCc1ccccc1C(=O)c1c[nH]c2ccc(C)cc12. The highest BCUT2D eigenvalue weighted by molar-refractivity contribution is 6.17. The van der Waals surface area contributed by atoms with Crippen molar-refractivity contribution in [2.75, 3.05) is 0 Å². The lowest BCUT2D eigenvalue weighted by Gasteiger charge is -2.06. The molecule has 0 aliphatic heterocycles. The van der Waals surface area contributed by atoms with Crippen molar-refractivity contribution in [2.24, 2.45) is 0 Å². The van der Waals surface area contributed by atoms with E-state index in [0.717, 1.165) is 39.6 Å². The van der Waals surface area contributed by atoms with Crippen molar-refractivity contribution in [1.82, 2.24) is 4.98 Å². The fraction of sp³-hybridized carbons (Fsp3) is 0.167. The van der Waals surface area contributed by atoms with Gasteiger partial charge in [-0.2, -0.15) is 0 Å². The highest BCUT2D eigenvalue weighted by atomic mass is 16.1. The van der Waals surface area contributed by atoms with Crippen LogP contribution in [0.3, 0.4) is 0 Å². The molecule has 0 spiro atoms. The van der Waals surface area contributed by atoms with Crippen molar-refractivity contribution in [3.63, 3.8) is 0 Å². The first kappa shape index (κ1) is 12.7. The first-order valence-electron chi connectivity index (χ1n) is 6.91. The maximum atomic E-state index is 12.8. The van der Waals surface area contributed by atoms with Crippen LogP contribution in [-0.2, 0) is 6.42 Å². The molecule has 1 heterocycles. The van der Waals surface area contributed by atoms with Crippen molar-refractivity contribution in [3.8, 4) is 0 Å². The predicted octanol–water partition coefficient (Wildman–Crippen LogP) is 4.27. The Bertz CT molecular complexity index is 783. The number of carbonyl (C=O) groups is 1. The van der Waals surface area contributed by atoms with E-state index in [4.69, 9.17) is 0 Å². The van der Waals surface area contributed by atoms with E-state index in [1.807, 2.05) is 49.5 Å². The first-order chi connectivity index (χ1) is 9.70. The molecule has 0 atom stereocenters. The van der Waals surface area contributed by atoms with Crippen molar-refractivity contribution in [2.45, 2.75) is 20.3 Å². The lowest BCUT2D eigenvalue weighted by molar-refractivity contribution is 0.103. The van der Waals surface area contributed by atoms with Gasteiger partial charge >= 0.3 is 0 Å². The molecule has 0 bridgehead atoms. The van der Waals surface area contributed by atoms with E-state index in [0.29, 0.717) is 0 Å². The van der Waals surface area contributed by atoms with Gasteiger partial charge in [0.1, 0.15) is 0 Å². The van der Waals surface area contributed by atoms with Gasteiger partial charge < -0.3 is 4.98 Å². The molecule has 100 valence electrons. The number of aryl methyl sites for hydroxylation is 2. The molecule has 2 aromatic carbocycles. The minimum absolute atomic E-state index is 0.0966. The van der Waals surface area contributed by atoms with Crippen LogP contribution in [0, 0.1) is 6.92 Å². The van der Waals surface area contributed by atoms with Gasteiger partial charge in [-0.25, -0.2) is 0 Å². The fourth-order valence-electron chi connectivity index (χ4n) is 2.62. The Hall–Kier alpha value is -2.35. The molecule has 0 saturated heterocycles. The van der Waals surface area contributed by atoms with Crippen LogP contribution in [-0.4, -0.2) is 10.8 Å². The third-order valence-corrected chi connectivity index (χ3v) is 3.72. The van der Waals surface area contributed by atoms with E-state index in [2.05, 4.69) is 18.0 Å². The number of hydrogen-bond acceptors (Lipinski definition) is 1. The molecule has 20 heavy (non-hydrogen) atoms. The Morgan fingerprint density at radius 3 is 2.70 bits per heavy atom. The van der Waals surface area contributed by atoms with Gasteiger partial charge in [0.25, 0.3) is 0 Å². The van der Waals surface area contributed by atoms with E-state index in [1.54, 1.807) is 0 Å². The summed E-state index contributed by atoms with van der Waals surface area (Å²) in [4.78, 5) is 16.0. The van der Waals surface area contributed by atoms with E-state index < -0.39 is 0 Å². The quantitative estimate of drug-likeness (QED) is 0.703. The van der Waals surface area contributed by atoms with E-state index in [-0.39, 0.29) is 5.78 Å². The van der Waals surface area contributed by atoms with Gasteiger partial charge in [-0.3, -0.25) is 4.79 Å². The Morgan fingerprint density at radius 2 is 1.90 bits per heavy atom. The van der Waals surface area contributed by atoms with E-state index in [9.17, 15) is 4.79 Å². The van der Waals surface area contributed by atoms with Gasteiger partial charge in [0.15, 0.2) is 5.78 Å². The molecular weight excluding hydrogens is 246 g/mol. The maximum absolute atomic E-state index is 12.8. The van der Waals surface area contributed by atoms with Gasteiger partial charge in [0.2, 0.25) is 0 Å². The van der Waals surface area contributed by atoms with Crippen molar-refractivity contribution >= 4 is 16.7 Å².